The number of rotatable bonds is 5. The lowest BCUT2D eigenvalue weighted by atomic mass is 9.90. The Hall–Kier alpha value is -3.00. The number of ether oxygens (including phenoxy) is 1. The number of sulfone groups is 1. The quantitative estimate of drug-likeness (QED) is 0.696. The normalized spacial score (nSPS) is 17.9. The summed E-state index contributed by atoms with van der Waals surface area (Å²) in [5, 5.41) is 0.823. The van der Waals surface area contributed by atoms with Crippen molar-refractivity contribution in [1.82, 2.24) is 4.57 Å². The Morgan fingerprint density at radius 2 is 1.97 bits per heavy atom. The summed E-state index contributed by atoms with van der Waals surface area (Å²) in [5.74, 6) is -0.401. The Morgan fingerprint density at radius 1 is 1.22 bits per heavy atom. The number of benzene rings is 1. The van der Waals surface area contributed by atoms with Crippen LogP contribution in [0.1, 0.15) is 13.8 Å². The standard InChI is InChI=1S/C24H23FN2O4S/c1-14(2)16-6-5-7-21(22(16)25)31-20-9-8-15(32(4,29)30)12-18(20)19-13-27(3)24(28)23-17(19)10-11-26-23/h5-14,16H,1-4H3. The summed E-state index contributed by atoms with van der Waals surface area (Å²) in [6.45, 7) is 5.37. The number of allylic oxidation sites excluding steroid dienone is 3. The zero-order valence-electron chi connectivity index (χ0n) is 18.2. The average molecular weight is 455 g/mol. The number of aromatic nitrogens is 1. The number of hydrogen-bond donors (Lipinski definition) is 0. The fourth-order valence-corrected chi connectivity index (χ4v) is 4.42. The highest BCUT2D eigenvalue weighted by atomic mass is 32.2. The van der Waals surface area contributed by atoms with Gasteiger partial charge in [-0.25, -0.2) is 12.8 Å². The van der Waals surface area contributed by atoms with Crippen molar-refractivity contribution in [2.45, 2.75) is 18.7 Å². The Balaban J connectivity index is 1.93. The van der Waals surface area contributed by atoms with Crippen LogP contribution in [0.5, 0.6) is 5.75 Å². The molecule has 0 bridgehead atoms. The molecule has 0 spiro atoms. The van der Waals surface area contributed by atoms with Gasteiger partial charge >= 0.3 is 0 Å². The van der Waals surface area contributed by atoms with Gasteiger partial charge in [0.25, 0.3) is 5.56 Å². The van der Waals surface area contributed by atoms with Crippen molar-refractivity contribution in [1.29, 1.82) is 0 Å². The molecule has 4 rings (SSSR count). The van der Waals surface area contributed by atoms with E-state index in [0.717, 1.165) is 6.26 Å². The van der Waals surface area contributed by atoms with Crippen molar-refractivity contribution < 1.29 is 17.5 Å². The molecular formula is C24H23FN2O4S. The second-order valence-corrected chi connectivity index (χ2v) is 10.2. The third kappa shape index (κ3) is 3.95. The molecule has 1 aromatic heterocycles. The highest BCUT2D eigenvalue weighted by Crippen LogP contribution is 2.36. The first kappa shape index (κ1) is 22.2. The molecule has 8 heteroatoms. The second kappa shape index (κ2) is 8.16. The highest BCUT2D eigenvalue weighted by molar-refractivity contribution is 7.90. The van der Waals surface area contributed by atoms with Crippen molar-refractivity contribution in [3.05, 3.63) is 82.0 Å². The van der Waals surface area contributed by atoms with E-state index in [0.29, 0.717) is 16.3 Å². The van der Waals surface area contributed by atoms with Crippen LogP contribution in [0, 0.1) is 24.8 Å². The lowest BCUT2D eigenvalue weighted by Crippen LogP contribution is -2.43. The molecule has 2 heterocycles. The van der Waals surface area contributed by atoms with Crippen molar-refractivity contribution >= 4 is 15.9 Å². The number of fused-ring (bicyclic) bond motifs is 1. The topological polar surface area (TPSA) is 77.7 Å². The summed E-state index contributed by atoms with van der Waals surface area (Å²) in [4.78, 5) is 16.7. The van der Waals surface area contributed by atoms with Crippen LogP contribution in [-0.2, 0) is 16.9 Å². The van der Waals surface area contributed by atoms with E-state index >= 15 is 4.39 Å². The molecule has 1 aromatic carbocycles. The molecule has 2 aromatic rings. The van der Waals surface area contributed by atoms with Gasteiger partial charge < -0.3 is 9.30 Å². The van der Waals surface area contributed by atoms with Crippen molar-refractivity contribution in [2.75, 3.05) is 6.26 Å². The molecule has 2 radical (unpaired) electrons. The van der Waals surface area contributed by atoms with Crippen LogP contribution in [-0.4, -0.2) is 19.2 Å². The van der Waals surface area contributed by atoms with Gasteiger partial charge in [0.05, 0.1) is 17.9 Å². The maximum Gasteiger partial charge on any atom is 0.276 e. The van der Waals surface area contributed by atoms with Crippen LogP contribution in [0.4, 0.5) is 4.39 Å². The SMILES string of the molecule is CC(C)C1C=C[CH]C(Oc2ccc(S(C)(=O)=O)cc2-c2cn(C)c(=O)c3c2=C[CH]N=3)=C1F. The van der Waals surface area contributed by atoms with Gasteiger partial charge in [-0.1, -0.05) is 26.0 Å². The van der Waals surface area contributed by atoms with Crippen molar-refractivity contribution in [3.63, 3.8) is 0 Å². The van der Waals surface area contributed by atoms with Gasteiger partial charge in [-0.2, -0.15) is 0 Å². The molecule has 6 nitrogen and oxygen atoms in total. The molecular weight excluding hydrogens is 431 g/mol. The lowest BCUT2D eigenvalue weighted by molar-refractivity contribution is 0.351. The van der Waals surface area contributed by atoms with Crippen LogP contribution >= 0.6 is 0 Å². The first-order valence-corrected chi connectivity index (χ1v) is 12.0. The minimum absolute atomic E-state index is 0.0456. The predicted molar refractivity (Wildman–Crippen MR) is 120 cm³/mol. The van der Waals surface area contributed by atoms with E-state index in [4.69, 9.17) is 4.74 Å². The summed E-state index contributed by atoms with van der Waals surface area (Å²) in [6.07, 6.45) is 9.48. The fourth-order valence-electron chi connectivity index (χ4n) is 3.77. The number of pyridine rings is 1. The fraction of sp³-hybridized carbons (Fsp3) is 0.250. The van der Waals surface area contributed by atoms with E-state index in [-0.39, 0.29) is 39.1 Å². The number of aryl methyl sites for hydroxylation is 1. The third-order valence-electron chi connectivity index (χ3n) is 5.54. The molecule has 166 valence electrons. The summed E-state index contributed by atoms with van der Waals surface area (Å²) >= 11 is 0. The smallest absolute Gasteiger partial charge is 0.276 e. The molecule has 2 aliphatic rings. The molecule has 0 fully saturated rings. The molecule has 0 amide bonds. The molecule has 0 saturated heterocycles. The van der Waals surface area contributed by atoms with Crippen LogP contribution in [0.15, 0.2) is 62.8 Å². The zero-order valence-corrected chi connectivity index (χ0v) is 19.0. The van der Waals surface area contributed by atoms with Crippen molar-refractivity contribution in [3.8, 4) is 16.9 Å². The van der Waals surface area contributed by atoms with Crippen molar-refractivity contribution in [2.24, 2.45) is 23.9 Å². The van der Waals surface area contributed by atoms with Crippen LogP contribution in [0.25, 0.3) is 17.2 Å². The van der Waals surface area contributed by atoms with Gasteiger partial charge in [-0.05, 0) is 30.2 Å². The summed E-state index contributed by atoms with van der Waals surface area (Å²) in [6, 6.07) is 4.41. The Kier molecular flexibility index (Phi) is 5.67. The van der Waals surface area contributed by atoms with Gasteiger partial charge in [-0.3, -0.25) is 9.79 Å². The van der Waals surface area contributed by atoms with E-state index in [1.807, 2.05) is 13.8 Å². The maximum absolute atomic E-state index is 15.1. The highest BCUT2D eigenvalue weighted by Gasteiger charge is 2.25. The first-order chi connectivity index (χ1) is 15.1. The Morgan fingerprint density at radius 3 is 2.66 bits per heavy atom. The van der Waals surface area contributed by atoms with Gasteiger partial charge in [0, 0.05) is 41.8 Å². The molecule has 1 aliphatic heterocycles. The number of hydrogen-bond acceptors (Lipinski definition) is 5. The molecule has 0 saturated carbocycles. The second-order valence-electron chi connectivity index (χ2n) is 8.23. The van der Waals surface area contributed by atoms with Crippen LogP contribution in [0.3, 0.4) is 0 Å². The molecule has 1 unspecified atom stereocenters. The molecule has 1 aliphatic carbocycles. The van der Waals surface area contributed by atoms with Gasteiger partial charge in [0.15, 0.2) is 9.84 Å². The third-order valence-corrected chi connectivity index (χ3v) is 6.65. The van der Waals surface area contributed by atoms with E-state index in [1.54, 1.807) is 37.9 Å². The minimum atomic E-state index is -3.52. The monoisotopic (exact) mass is 454 g/mol. The number of halogens is 1. The predicted octanol–water partition coefficient (Wildman–Crippen LogP) is 2.64. The van der Waals surface area contributed by atoms with E-state index < -0.39 is 15.8 Å². The van der Waals surface area contributed by atoms with E-state index in [1.165, 1.54) is 29.3 Å². The van der Waals surface area contributed by atoms with Gasteiger partial charge in [0.2, 0.25) is 0 Å². The number of nitrogens with zero attached hydrogens (tertiary/aromatic N) is 2. The summed E-state index contributed by atoms with van der Waals surface area (Å²) < 4.78 is 46.9. The molecule has 1 atom stereocenters. The molecule has 0 N–H and O–H groups in total. The lowest BCUT2D eigenvalue weighted by Gasteiger charge is -2.23. The summed E-state index contributed by atoms with van der Waals surface area (Å²) in [5.41, 5.74) is 0.716. The zero-order chi connectivity index (χ0) is 23.2. The Bertz CT molecular complexity index is 1450. The van der Waals surface area contributed by atoms with Gasteiger partial charge in [0.1, 0.15) is 22.7 Å². The van der Waals surface area contributed by atoms with E-state index in [9.17, 15) is 13.2 Å². The van der Waals surface area contributed by atoms with Crippen LogP contribution < -0.4 is 20.9 Å². The van der Waals surface area contributed by atoms with Crippen LogP contribution in [0.2, 0.25) is 0 Å². The molecule has 32 heavy (non-hydrogen) atoms. The average Bonchev–Trinajstić information content (AvgIpc) is 3.22. The van der Waals surface area contributed by atoms with Gasteiger partial charge in [-0.15, -0.1) is 0 Å². The minimum Gasteiger partial charge on any atom is -0.458 e. The first-order valence-electron chi connectivity index (χ1n) is 10.1. The van der Waals surface area contributed by atoms with E-state index in [2.05, 4.69) is 4.99 Å². The maximum atomic E-state index is 15.1. The Labute approximate surface area is 186 Å². The largest absolute Gasteiger partial charge is 0.458 e. The summed E-state index contributed by atoms with van der Waals surface area (Å²) in [7, 11) is -1.92.